The first-order valence-corrected chi connectivity index (χ1v) is 10.3. The normalized spacial score (nSPS) is 17.5. The highest BCUT2D eigenvalue weighted by atomic mass is 16.5. The first kappa shape index (κ1) is 18.3. The van der Waals surface area contributed by atoms with Crippen LogP contribution in [0.5, 0.6) is 0 Å². The summed E-state index contributed by atoms with van der Waals surface area (Å²) in [4.78, 5) is 28.2. The van der Waals surface area contributed by atoms with Crippen LogP contribution < -0.4 is 0 Å². The van der Waals surface area contributed by atoms with Gasteiger partial charge in [0.15, 0.2) is 0 Å². The Morgan fingerprint density at radius 3 is 2.79 bits per heavy atom. The molecule has 6 nitrogen and oxygen atoms in total. The van der Waals surface area contributed by atoms with Crippen molar-refractivity contribution >= 4 is 16.7 Å². The number of fused-ring (bicyclic) bond motifs is 1. The lowest BCUT2D eigenvalue weighted by Crippen LogP contribution is -2.35. The van der Waals surface area contributed by atoms with Gasteiger partial charge in [-0.25, -0.2) is 4.98 Å². The fraction of sp³-hybridized carbons (Fsp3) is 0.391. The molecule has 0 amide bonds. The molecular formula is C23H24N4O2. The molecule has 3 aromatic rings. The van der Waals surface area contributed by atoms with Gasteiger partial charge in [-0.15, -0.1) is 0 Å². The molecule has 148 valence electrons. The summed E-state index contributed by atoms with van der Waals surface area (Å²) in [6.07, 6.45) is 8.06. The monoisotopic (exact) mass is 388 g/mol. The molecule has 6 heteroatoms. The van der Waals surface area contributed by atoms with Crippen LogP contribution in [0, 0.1) is 5.92 Å². The molecule has 0 N–H and O–H groups in total. The van der Waals surface area contributed by atoms with Gasteiger partial charge in [-0.1, -0.05) is 0 Å². The van der Waals surface area contributed by atoms with Gasteiger partial charge in [0.1, 0.15) is 5.78 Å². The molecule has 0 bridgehead atoms. The summed E-state index contributed by atoms with van der Waals surface area (Å²) in [7, 11) is 0. The minimum absolute atomic E-state index is 0.257. The van der Waals surface area contributed by atoms with E-state index in [-0.39, 0.29) is 5.92 Å². The highest BCUT2D eigenvalue weighted by molar-refractivity contribution is 5.86. The quantitative estimate of drug-likeness (QED) is 0.647. The fourth-order valence-electron chi connectivity index (χ4n) is 3.78. The molecule has 1 aliphatic carbocycles. The molecule has 1 saturated heterocycles. The van der Waals surface area contributed by atoms with E-state index in [4.69, 9.17) is 9.72 Å². The van der Waals surface area contributed by atoms with Gasteiger partial charge in [-0.3, -0.25) is 19.7 Å². The number of morpholine rings is 1. The largest absolute Gasteiger partial charge is 0.379 e. The number of ketones is 1. The Hall–Kier alpha value is -2.70. The Morgan fingerprint density at radius 1 is 1.10 bits per heavy atom. The Labute approximate surface area is 170 Å². The Morgan fingerprint density at radius 2 is 1.97 bits per heavy atom. The number of hydrogen-bond acceptors (Lipinski definition) is 6. The summed E-state index contributed by atoms with van der Waals surface area (Å²) in [6.45, 7) is 4.36. The number of aromatic nitrogens is 3. The summed E-state index contributed by atoms with van der Waals surface area (Å²) in [5.74, 6) is 0.556. The lowest BCUT2D eigenvalue weighted by Gasteiger charge is -2.26. The summed E-state index contributed by atoms with van der Waals surface area (Å²) < 4.78 is 5.43. The molecule has 0 spiro atoms. The maximum absolute atomic E-state index is 12.1. The maximum Gasteiger partial charge on any atom is 0.141 e. The molecule has 0 atom stereocenters. The number of nitrogens with zero attached hydrogens (tertiary/aromatic N) is 4. The number of rotatable bonds is 6. The molecular weight excluding hydrogens is 364 g/mol. The number of carbonyl (C=O) groups excluding carboxylic acids is 1. The van der Waals surface area contributed by atoms with Crippen LogP contribution in [-0.2, 0) is 22.5 Å². The third-order valence-electron chi connectivity index (χ3n) is 5.62. The molecule has 2 aliphatic rings. The maximum atomic E-state index is 12.1. The molecule has 0 radical (unpaired) electrons. The van der Waals surface area contributed by atoms with Gasteiger partial charge in [-0.05, 0) is 42.7 Å². The summed E-state index contributed by atoms with van der Waals surface area (Å²) >= 11 is 0. The zero-order chi connectivity index (χ0) is 19.6. The molecule has 29 heavy (non-hydrogen) atoms. The molecule has 2 fully saturated rings. The second-order valence-electron chi connectivity index (χ2n) is 7.95. The molecule has 0 unspecified atom stereocenters. The minimum Gasteiger partial charge on any atom is -0.379 e. The number of pyridine rings is 3. The van der Waals surface area contributed by atoms with Gasteiger partial charge in [0, 0.05) is 67.2 Å². The molecule has 1 aliphatic heterocycles. The van der Waals surface area contributed by atoms with E-state index in [1.807, 2.05) is 36.8 Å². The Kier molecular flexibility index (Phi) is 5.04. The van der Waals surface area contributed by atoms with Crippen LogP contribution in [0.4, 0.5) is 0 Å². The van der Waals surface area contributed by atoms with Crippen LogP contribution in [0.2, 0.25) is 0 Å². The van der Waals surface area contributed by atoms with Crippen molar-refractivity contribution in [1.82, 2.24) is 19.9 Å². The van der Waals surface area contributed by atoms with E-state index in [1.165, 1.54) is 5.56 Å². The van der Waals surface area contributed by atoms with Gasteiger partial charge < -0.3 is 4.74 Å². The van der Waals surface area contributed by atoms with Crippen molar-refractivity contribution in [3.8, 4) is 11.3 Å². The average molecular weight is 388 g/mol. The van der Waals surface area contributed by atoms with E-state index >= 15 is 0 Å². The zero-order valence-corrected chi connectivity index (χ0v) is 16.4. The predicted octanol–water partition coefficient (Wildman–Crippen LogP) is 3.05. The third-order valence-corrected chi connectivity index (χ3v) is 5.62. The van der Waals surface area contributed by atoms with Gasteiger partial charge in [0.05, 0.1) is 24.4 Å². The molecule has 1 saturated carbocycles. The first-order chi connectivity index (χ1) is 14.2. The fourth-order valence-corrected chi connectivity index (χ4v) is 3.78. The van der Waals surface area contributed by atoms with Gasteiger partial charge in [-0.2, -0.15) is 0 Å². The molecule has 3 aromatic heterocycles. The van der Waals surface area contributed by atoms with Gasteiger partial charge >= 0.3 is 0 Å². The summed E-state index contributed by atoms with van der Waals surface area (Å²) in [5, 5.41) is 0.980. The van der Waals surface area contributed by atoms with Crippen molar-refractivity contribution in [2.75, 3.05) is 26.3 Å². The van der Waals surface area contributed by atoms with Crippen LogP contribution in [0.25, 0.3) is 22.2 Å². The Bertz CT molecular complexity index is 1040. The van der Waals surface area contributed by atoms with Crippen molar-refractivity contribution in [2.45, 2.75) is 25.8 Å². The van der Waals surface area contributed by atoms with E-state index in [9.17, 15) is 4.79 Å². The number of carbonyl (C=O) groups is 1. The van der Waals surface area contributed by atoms with Gasteiger partial charge in [0.25, 0.3) is 0 Å². The van der Waals surface area contributed by atoms with Crippen molar-refractivity contribution in [2.24, 2.45) is 5.92 Å². The van der Waals surface area contributed by atoms with E-state index in [1.54, 1.807) is 0 Å². The predicted molar refractivity (Wildman–Crippen MR) is 110 cm³/mol. The standard InChI is InChI=1S/C23H24N4O2/c28-23(17-1-2-17)11-20-10-22-18(14-25-20)3-4-21(26-22)19-9-16(12-24-13-19)15-27-5-7-29-8-6-27/h3-4,9-10,12-14,17H,1-2,5-8,11,15H2. The van der Waals surface area contributed by atoms with E-state index in [2.05, 4.69) is 20.9 Å². The van der Waals surface area contributed by atoms with Crippen LogP contribution >= 0.6 is 0 Å². The van der Waals surface area contributed by atoms with E-state index < -0.39 is 0 Å². The SMILES string of the molecule is O=C(Cc1cc2nc(-c3cncc(CN4CCOCC4)c3)ccc2cn1)C1CC1. The second kappa shape index (κ2) is 7.97. The van der Waals surface area contributed by atoms with Crippen LogP contribution in [0.1, 0.15) is 24.1 Å². The van der Waals surface area contributed by atoms with Crippen molar-refractivity contribution in [3.05, 3.63) is 54.1 Å². The second-order valence-corrected chi connectivity index (χ2v) is 7.95. The molecule has 5 rings (SSSR count). The number of hydrogen-bond donors (Lipinski definition) is 0. The lowest BCUT2D eigenvalue weighted by molar-refractivity contribution is -0.119. The highest BCUT2D eigenvalue weighted by Gasteiger charge is 2.29. The van der Waals surface area contributed by atoms with E-state index in [0.29, 0.717) is 12.2 Å². The smallest absolute Gasteiger partial charge is 0.141 e. The average Bonchev–Trinajstić information content (AvgIpc) is 3.60. The van der Waals surface area contributed by atoms with E-state index in [0.717, 1.165) is 73.5 Å². The minimum atomic E-state index is 0.257. The third kappa shape index (κ3) is 4.33. The topological polar surface area (TPSA) is 68.2 Å². The highest BCUT2D eigenvalue weighted by Crippen LogP contribution is 2.31. The summed E-state index contributed by atoms with van der Waals surface area (Å²) in [5.41, 5.74) is 4.74. The number of ether oxygens (including phenoxy) is 1. The molecule has 0 aromatic carbocycles. The van der Waals surface area contributed by atoms with Crippen LogP contribution in [0.15, 0.2) is 42.9 Å². The van der Waals surface area contributed by atoms with Crippen LogP contribution in [0.3, 0.4) is 0 Å². The zero-order valence-electron chi connectivity index (χ0n) is 16.4. The number of Topliss-reactive ketones (excluding diaryl/α,β-unsaturated/α-hetero) is 1. The first-order valence-electron chi connectivity index (χ1n) is 10.3. The molecule has 4 heterocycles. The summed E-state index contributed by atoms with van der Waals surface area (Å²) in [6, 6.07) is 8.15. The lowest BCUT2D eigenvalue weighted by atomic mass is 10.1. The van der Waals surface area contributed by atoms with Crippen molar-refractivity contribution in [3.63, 3.8) is 0 Å². The van der Waals surface area contributed by atoms with Crippen molar-refractivity contribution < 1.29 is 9.53 Å². The van der Waals surface area contributed by atoms with Crippen LogP contribution in [-0.4, -0.2) is 51.9 Å². The van der Waals surface area contributed by atoms with Crippen molar-refractivity contribution in [1.29, 1.82) is 0 Å². The van der Waals surface area contributed by atoms with Gasteiger partial charge in [0.2, 0.25) is 0 Å². The Balaban J connectivity index is 1.38.